The van der Waals surface area contributed by atoms with E-state index in [4.69, 9.17) is 25.8 Å². The number of carbonyl (C=O) groups is 2. The average Bonchev–Trinajstić information content (AvgIpc) is 2.89. The molecule has 0 aromatic heterocycles. The highest BCUT2D eigenvalue weighted by Crippen LogP contribution is 2.34. The predicted octanol–water partition coefficient (Wildman–Crippen LogP) is 4.72. The lowest BCUT2D eigenvalue weighted by molar-refractivity contribution is -0.140. The molecule has 2 aromatic carbocycles. The Morgan fingerprint density at radius 3 is 2.34 bits per heavy atom. The molecule has 1 aliphatic rings. The Balaban J connectivity index is 2.00. The van der Waals surface area contributed by atoms with Gasteiger partial charge in [0.15, 0.2) is 11.5 Å². The molecule has 0 saturated heterocycles. The summed E-state index contributed by atoms with van der Waals surface area (Å²) in [5, 5.41) is 3.20. The summed E-state index contributed by atoms with van der Waals surface area (Å²) in [5.74, 6) is 1.52. The number of hydrogen-bond donors (Lipinski definition) is 1. The second-order valence-corrected chi connectivity index (χ2v) is 9.26. The summed E-state index contributed by atoms with van der Waals surface area (Å²) in [6, 6.07) is 11.9. The third-order valence-corrected chi connectivity index (χ3v) is 6.80. The zero-order valence-electron chi connectivity index (χ0n) is 20.9. The van der Waals surface area contributed by atoms with Crippen molar-refractivity contribution in [2.75, 3.05) is 27.2 Å². The van der Waals surface area contributed by atoms with Crippen molar-refractivity contribution in [2.45, 2.75) is 51.2 Å². The second-order valence-electron chi connectivity index (χ2n) is 8.99. The summed E-state index contributed by atoms with van der Waals surface area (Å²) in [6.07, 6.45) is 3.98. The van der Waals surface area contributed by atoms with Gasteiger partial charge in [-0.15, -0.1) is 11.6 Å². The number of rotatable bonds is 10. The summed E-state index contributed by atoms with van der Waals surface area (Å²) in [4.78, 5) is 28.4. The molecule has 0 bridgehead atoms. The number of halogens is 1. The van der Waals surface area contributed by atoms with Crippen molar-refractivity contribution in [1.82, 2.24) is 10.2 Å². The molecule has 7 nitrogen and oxygen atoms in total. The molecule has 1 unspecified atom stereocenters. The SMILES string of the molecule is COc1cccc(CN(C(=O)CCl)C(C(=O)NC2CCC(C)CC2)c2ccc(OC)c(OC)c2)c1. The van der Waals surface area contributed by atoms with Gasteiger partial charge in [0.2, 0.25) is 11.8 Å². The number of ether oxygens (including phenoxy) is 3. The molecule has 1 atom stereocenters. The molecule has 35 heavy (non-hydrogen) atoms. The van der Waals surface area contributed by atoms with Gasteiger partial charge in [0, 0.05) is 12.6 Å². The molecule has 1 N–H and O–H groups in total. The maximum atomic E-state index is 13.8. The molecule has 1 aliphatic carbocycles. The molecule has 0 aliphatic heterocycles. The lowest BCUT2D eigenvalue weighted by Crippen LogP contribution is -2.47. The van der Waals surface area contributed by atoms with Crippen molar-refractivity contribution in [3.05, 3.63) is 53.6 Å². The van der Waals surface area contributed by atoms with E-state index in [0.717, 1.165) is 31.2 Å². The van der Waals surface area contributed by atoms with Crippen LogP contribution < -0.4 is 19.5 Å². The Kier molecular flexibility index (Phi) is 9.66. The van der Waals surface area contributed by atoms with Crippen molar-refractivity contribution in [3.63, 3.8) is 0 Å². The highest BCUT2D eigenvalue weighted by atomic mass is 35.5. The number of hydrogen-bond acceptors (Lipinski definition) is 5. The molecule has 1 saturated carbocycles. The Labute approximate surface area is 212 Å². The van der Waals surface area contributed by atoms with Gasteiger partial charge < -0.3 is 24.4 Å². The van der Waals surface area contributed by atoms with Gasteiger partial charge in [-0.25, -0.2) is 0 Å². The average molecular weight is 503 g/mol. The Morgan fingerprint density at radius 1 is 1.00 bits per heavy atom. The van der Waals surface area contributed by atoms with E-state index in [-0.39, 0.29) is 30.3 Å². The van der Waals surface area contributed by atoms with Crippen LogP contribution in [0.15, 0.2) is 42.5 Å². The van der Waals surface area contributed by atoms with Gasteiger partial charge in [0.05, 0.1) is 21.3 Å². The van der Waals surface area contributed by atoms with Crippen LogP contribution in [0, 0.1) is 5.92 Å². The largest absolute Gasteiger partial charge is 0.497 e. The first-order valence-electron chi connectivity index (χ1n) is 11.9. The van der Waals surface area contributed by atoms with Crippen LogP contribution in [0.3, 0.4) is 0 Å². The number of benzene rings is 2. The van der Waals surface area contributed by atoms with Crippen LogP contribution in [0.5, 0.6) is 17.2 Å². The summed E-state index contributed by atoms with van der Waals surface area (Å²) < 4.78 is 16.2. The number of nitrogens with zero attached hydrogens (tertiary/aromatic N) is 1. The fourth-order valence-electron chi connectivity index (χ4n) is 4.55. The summed E-state index contributed by atoms with van der Waals surface area (Å²) in [5.41, 5.74) is 1.44. The van der Waals surface area contributed by atoms with Crippen LogP contribution in [0.1, 0.15) is 49.8 Å². The van der Waals surface area contributed by atoms with Gasteiger partial charge in [-0.05, 0) is 67.0 Å². The normalized spacial score (nSPS) is 18.3. The van der Waals surface area contributed by atoms with E-state index in [0.29, 0.717) is 28.7 Å². The van der Waals surface area contributed by atoms with Crippen LogP contribution in [0.4, 0.5) is 0 Å². The van der Waals surface area contributed by atoms with Crippen molar-refractivity contribution in [1.29, 1.82) is 0 Å². The van der Waals surface area contributed by atoms with Crippen LogP contribution in [-0.4, -0.2) is 50.0 Å². The quantitative estimate of drug-likeness (QED) is 0.476. The lowest BCUT2D eigenvalue weighted by Gasteiger charge is -2.34. The number of alkyl halides is 1. The Morgan fingerprint density at radius 2 is 1.71 bits per heavy atom. The highest BCUT2D eigenvalue weighted by Gasteiger charge is 2.33. The maximum absolute atomic E-state index is 13.8. The second kappa shape index (κ2) is 12.7. The van der Waals surface area contributed by atoms with Gasteiger partial charge in [-0.1, -0.05) is 25.1 Å². The Hall–Kier alpha value is -2.93. The third-order valence-electron chi connectivity index (χ3n) is 6.57. The van der Waals surface area contributed by atoms with E-state index in [9.17, 15) is 9.59 Å². The summed E-state index contributed by atoms with van der Waals surface area (Å²) in [6.45, 7) is 2.43. The van der Waals surface area contributed by atoms with E-state index < -0.39 is 6.04 Å². The van der Waals surface area contributed by atoms with Crippen molar-refractivity contribution >= 4 is 23.4 Å². The minimum atomic E-state index is -0.897. The molecule has 2 aromatic rings. The smallest absolute Gasteiger partial charge is 0.247 e. The molecule has 8 heteroatoms. The summed E-state index contributed by atoms with van der Waals surface area (Å²) >= 11 is 6.03. The highest BCUT2D eigenvalue weighted by molar-refractivity contribution is 6.27. The molecule has 0 heterocycles. The van der Waals surface area contributed by atoms with E-state index in [2.05, 4.69) is 12.2 Å². The Bertz CT molecular complexity index is 1010. The number of carbonyl (C=O) groups excluding carboxylic acids is 2. The summed E-state index contributed by atoms with van der Waals surface area (Å²) in [7, 11) is 4.68. The van der Waals surface area contributed by atoms with Crippen LogP contribution in [0.25, 0.3) is 0 Å². The zero-order chi connectivity index (χ0) is 25.4. The molecule has 2 amide bonds. The van der Waals surface area contributed by atoms with Gasteiger partial charge in [0.25, 0.3) is 0 Å². The van der Waals surface area contributed by atoms with Crippen LogP contribution in [-0.2, 0) is 16.1 Å². The van der Waals surface area contributed by atoms with Crippen LogP contribution >= 0.6 is 11.6 Å². The van der Waals surface area contributed by atoms with Gasteiger partial charge in [-0.2, -0.15) is 0 Å². The van der Waals surface area contributed by atoms with Gasteiger partial charge in [0.1, 0.15) is 17.7 Å². The molecular weight excluding hydrogens is 468 g/mol. The first-order chi connectivity index (χ1) is 16.9. The standard InChI is InChI=1S/C27H35ClN2O5/c1-18-8-11-21(12-9-18)29-27(32)26(20-10-13-23(34-3)24(15-20)35-4)30(25(31)16-28)17-19-6-5-7-22(14-19)33-2/h5-7,10,13-15,18,21,26H,8-9,11-12,16-17H2,1-4H3,(H,29,32). The van der Waals surface area contributed by atoms with Gasteiger partial charge in [-0.3, -0.25) is 9.59 Å². The molecular formula is C27H35ClN2O5. The van der Waals surface area contributed by atoms with Gasteiger partial charge >= 0.3 is 0 Å². The molecule has 1 fully saturated rings. The molecule has 3 rings (SSSR count). The monoisotopic (exact) mass is 502 g/mol. The fourth-order valence-corrected chi connectivity index (χ4v) is 4.70. The number of methoxy groups -OCH3 is 3. The first-order valence-corrected chi connectivity index (χ1v) is 12.4. The third kappa shape index (κ3) is 6.82. The van der Waals surface area contributed by atoms with E-state index in [1.807, 2.05) is 24.3 Å². The maximum Gasteiger partial charge on any atom is 0.247 e. The topological polar surface area (TPSA) is 77.1 Å². The van der Waals surface area contributed by atoms with E-state index >= 15 is 0 Å². The predicted molar refractivity (Wildman–Crippen MR) is 136 cm³/mol. The molecule has 190 valence electrons. The van der Waals surface area contributed by atoms with Crippen molar-refractivity contribution in [2.24, 2.45) is 5.92 Å². The number of nitrogens with one attached hydrogen (secondary N) is 1. The van der Waals surface area contributed by atoms with Crippen LogP contribution in [0.2, 0.25) is 0 Å². The van der Waals surface area contributed by atoms with E-state index in [1.54, 1.807) is 32.4 Å². The minimum Gasteiger partial charge on any atom is -0.497 e. The van der Waals surface area contributed by atoms with Crippen molar-refractivity contribution in [3.8, 4) is 17.2 Å². The minimum absolute atomic E-state index is 0.0751. The zero-order valence-corrected chi connectivity index (χ0v) is 21.6. The first kappa shape index (κ1) is 26.7. The number of amides is 2. The van der Waals surface area contributed by atoms with Crippen molar-refractivity contribution < 1.29 is 23.8 Å². The molecule has 0 radical (unpaired) electrons. The molecule has 0 spiro atoms. The fraction of sp³-hybridized carbons (Fsp3) is 0.481. The van der Waals surface area contributed by atoms with E-state index in [1.165, 1.54) is 12.0 Å². The lowest BCUT2D eigenvalue weighted by atomic mass is 9.87.